The van der Waals surface area contributed by atoms with Gasteiger partial charge in [-0.05, 0) is 30.5 Å². The molecule has 0 atom stereocenters. The van der Waals surface area contributed by atoms with Gasteiger partial charge in [0.25, 0.3) is 0 Å². The van der Waals surface area contributed by atoms with E-state index in [2.05, 4.69) is 5.16 Å². The Hall–Kier alpha value is -3.08. The third kappa shape index (κ3) is 2.47. The summed E-state index contributed by atoms with van der Waals surface area (Å²) >= 11 is 0. The van der Waals surface area contributed by atoms with Gasteiger partial charge in [0.15, 0.2) is 5.76 Å². The summed E-state index contributed by atoms with van der Waals surface area (Å²) in [7, 11) is 3.03. The zero-order valence-corrected chi connectivity index (χ0v) is 14.7. The number of esters is 1. The van der Waals surface area contributed by atoms with E-state index in [-0.39, 0.29) is 5.97 Å². The molecule has 4 rings (SSSR count). The second kappa shape index (κ2) is 6.33. The number of methoxy groups -OCH3 is 2. The maximum Gasteiger partial charge on any atom is 0.319 e. The molecule has 2 aromatic carbocycles. The second-order valence-corrected chi connectivity index (χ2v) is 6.38. The highest BCUT2D eigenvalue weighted by atomic mass is 16.5. The molecule has 1 aliphatic rings. The van der Waals surface area contributed by atoms with Crippen LogP contribution in [0.3, 0.4) is 0 Å². The predicted molar refractivity (Wildman–Crippen MR) is 96.9 cm³/mol. The third-order valence-electron chi connectivity index (χ3n) is 4.88. The highest BCUT2D eigenvalue weighted by Gasteiger charge is 2.57. The van der Waals surface area contributed by atoms with Crippen LogP contribution in [0.25, 0.3) is 22.4 Å². The average molecular weight is 349 g/mol. The highest BCUT2D eigenvalue weighted by Crippen LogP contribution is 2.54. The molecular weight excluding hydrogens is 330 g/mol. The number of ether oxygens (including phenoxy) is 2. The minimum Gasteiger partial charge on any atom is -0.496 e. The van der Waals surface area contributed by atoms with Crippen molar-refractivity contribution in [2.45, 2.75) is 18.3 Å². The summed E-state index contributed by atoms with van der Waals surface area (Å²) in [6.07, 6.45) is 1.39. The Bertz CT molecular complexity index is 942. The topological polar surface area (TPSA) is 61.6 Å². The van der Waals surface area contributed by atoms with Crippen molar-refractivity contribution >= 4 is 5.97 Å². The fourth-order valence-corrected chi connectivity index (χ4v) is 3.36. The lowest BCUT2D eigenvalue weighted by molar-refractivity contribution is -0.144. The molecule has 1 saturated carbocycles. The molecule has 1 aliphatic carbocycles. The minimum atomic E-state index is -0.743. The number of nitrogens with zero attached hydrogens (tertiary/aromatic N) is 1. The van der Waals surface area contributed by atoms with Crippen LogP contribution in [-0.2, 0) is 14.9 Å². The minimum absolute atomic E-state index is 0.280. The maximum atomic E-state index is 12.4. The van der Waals surface area contributed by atoms with Crippen molar-refractivity contribution in [1.29, 1.82) is 0 Å². The highest BCUT2D eigenvalue weighted by molar-refractivity contribution is 5.92. The van der Waals surface area contributed by atoms with E-state index in [9.17, 15) is 4.79 Å². The molecule has 1 fully saturated rings. The zero-order valence-electron chi connectivity index (χ0n) is 14.7. The van der Waals surface area contributed by atoms with Crippen LogP contribution in [0, 0.1) is 0 Å². The Morgan fingerprint density at radius 3 is 2.38 bits per heavy atom. The number of hydrogen-bond donors (Lipinski definition) is 0. The van der Waals surface area contributed by atoms with Crippen molar-refractivity contribution in [3.05, 3.63) is 60.4 Å². The van der Waals surface area contributed by atoms with Crippen LogP contribution in [0.5, 0.6) is 5.75 Å². The third-order valence-corrected chi connectivity index (χ3v) is 4.88. The van der Waals surface area contributed by atoms with E-state index >= 15 is 0 Å². The van der Waals surface area contributed by atoms with Crippen LogP contribution < -0.4 is 4.74 Å². The van der Waals surface area contributed by atoms with Gasteiger partial charge in [-0.1, -0.05) is 47.6 Å². The quantitative estimate of drug-likeness (QED) is 0.645. The van der Waals surface area contributed by atoms with Crippen molar-refractivity contribution in [1.82, 2.24) is 5.16 Å². The van der Waals surface area contributed by atoms with E-state index in [1.807, 2.05) is 54.6 Å². The number of aromatic nitrogens is 1. The molecule has 0 radical (unpaired) electrons. The molecule has 3 aromatic rings. The summed E-state index contributed by atoms with van der Waals surface area (Å²) in [6.45, 7) is 0. The van der Waals surface area contributed by atoms with Crippen LogP contribution in [0.2, 0.25) is 0 Å². The predicted octanol–water partition coefficient (Wildman–Crippen LogP) is 4.22. The molecule has 5 heteroatoms. The van der Waals surface area contributed by atoms with E-state index < -0.39 is 5.41 Å². The van der Waals surface area contributed by atoms with Crippen molar-refractivity contribution in [2.24, 2.45) is 0 Å². The molecule has 0 unspecified atom stereocenters. The van der Waals surface area contributed by atoms with Gasteiger partial charge in [0.05, 0.1) is 19.8 Å². The van der Waals surface area contributed by atoms with E-state index in [0.29, 0.717) is 30.0 Å². The average Bonchev–Trinajstić information content (AvgIpc) is 3.39. The van der Waals surface area contributed by atoms with Crippen LogP contribution in [-0.4, -0.2) is 25.3 Å². The van der Waals surface area contributed by atoms with Gasteiger partial charge in [-0.3, -0.25) is 4.79 Å². The molecule has 0 saturated heterocycles. The molecule has 1 heterocycles. The van der Waals surface area contributed by atoms with Gasteiger partial charge in [0.1, 0.15) is 16.9 Å². The van der Waals surface area contributed by atoms with Crippen LogP contribution in [0.15, 0.2) is 59.1 Å². The van der Waals surface area contributed by atoms with Gasteiger partial charge in [0.2, 0.25) is 0 Å². The van der Waals surface area contributed by atoms with Gasteiger partial charge in [-0.2, -0.15) is 0 Å². The van der Waals surface area contributed by atoms with Gasteiger partial charge < -0.3 is 14.0 Å². The second-order valence-electron chi connectivity index (χ2n) is 6.38. The van der Waals surface area contributed by atoms with Crippen molar-refractivity contribution < 1.29 is 18.8 Å². The molecular formula is C21H19NO4. The lowest BCUT2D eigenvalue weighted by Gasteiger charge is -2.12. The Morgan fingerprint density at radius 1 is 1.04 bits per heavy atom. The van der Waals surface area contributed by atoms with E-state index in [4.69, 9.17) is 14.0 Å². The Balaban J connectivity index is 1.96. The van der Waals surface area contributed by atoms with E-state index in [1.54, 1.807) is 7.11 Å². The SMILES string of the molecule is COC(=O)C1(c2onc(-c3ccccc3OC)c2-c2ccccc2)CC1. The van der Waals surface area contributed by atoms with Gasteiger partial charge >= 0.3 is 5.97 Å². The number of para-hydroxylation sites is 1. The molecule has 132 valence electrons. The maximum absolute atomic E-state index is 12.4. The molecule has 0 bridgehead atoms. The summed E-state index contributed by atoms with van der Waals surface area (Å²) < 4.78 is 16.3. The number of carbonyl (C=O) groups is 1. The van der Waals surface area contributed by atoms with Gasteiger partial charge in [-0.25, -0.2) is 0 Å². The summed E-state index contributed by atoms with van der Waals surface area (Å²) in [5, 5.41) is 4.33. The fraction of sp³-hybridized carbons (Fsp3) is 0.238. The lowest BCUT2D eigenvalue weighted by atomic mass is 9.91. The van der Waals surface area contributed by atoms with Crippen LogP contribution in [0.1, 0.15) is 18.6 Å². The molecule has 0 spiro atoms. The first-order chi connectivity index (χ1) is 12.7. The van der Waals surface area contributed by atoms with Crippen LogP contribution >= 0.6 is 0 Å². The molecule has 0 N–H and O–H groups in total. The van der Waals surface area contributed by atoms with Crippen molar-refractivity contribution in [2.75, 3.05) is 14.2 Å². The number of hydrogen-bond acceptors (Lipinski definition) is 5. The fourth-order valence-electron chi connectivity index (χ4n) is 3.36. The Morgan fingerprint density at radius 2 is 1.73 bits per heavy atom. The van der Waals surface area contributed by atoms with Gasteiger partial charge in [-0.15, -0.1) is 0 Å². The first-order valence-corrected chi connectivity index (χ1v) is 8.48. The first-order valence-electron chi connectivity index (χ1n) is 8.48. The smallest absolute Gasteiger partial charge is 0.319 e. The summed E-state index contributed by atoms with van der Waals surface area (Å²) in [6, 6.07) is 17.5. The summed E-state index contributed by atoms with van der Waals surface area (Å²) in [4.78, 5) is 12.4. The molecule has 0 aliphatic heterocycles. The Labute approximate surface area is 151 Å². The molecule has 0 amide bonds. The van der Waals surface area contributed by atoms with Gasteiger partial charge in [0, 0.05) is 5.56 Å². The largest absolute Gasteiger partial charge is 0.496 e. The lowest BCUT2D eigenvalue weighted by Crippen LogP contribution is -2.22. The van der Waals surface area contributed by atoms with Crippen molar-refractivity contribution in [3.8, 4) is 28.1 Å². The monoisotopic (exact) mass is 349 g/mol. The van der Waals surface area contributed by atoms with E-state index in [0.717, 1.165) is 16.7 Å². The van der Waals surface area contributed by atoms with E-state index in [1.165, 1.54) is 7.11 Å². The molecule has 5 nitrogen and oxygen atoms in total. The normalized spacial score (nSPS) is 14.7. The van der Waals surface area contributed by atoms with Crippen LogP contribution in [0.4, 0.5) is 0 Å². The number of benzene rings is 2. The summed E-state index contributed by atoms with van der Waals surface area (Å²) in [5.74, 6) is 0.987. The standard InChI is InChI=1S/C21H19NO4/c1-24-16-11-7-6-10-15(16)18-17(14-8-4-3-5-9-14)19(26-22-18)21(12-13-21)20(23)25-2/h3-11H,12-13H2,1-2H3. The number of carbonyl (C=O) groups excluding carboxylic acids is 1. The zero-order chi connectivity index (χ0) is 18.1. The molecule has 26 heavy (non-hydrogen) atoms. The summed E-state index contributed by atoms with van der Waals surface area (Å²) in [5.41, 5.74) is 2.51. The first kappa shape index (κ1) is 16.4. The Kier molecular flexibility index (Phi) is 3.99. The molecule has 1 aromatic heterocycles. The number of rotatable bonds is 5. The van der Waals surface area contributed by atoms with Crippen molar-refractivity contribution in [3.63, 3.8) is 0 Å².